The number of fused-ring (bicyclic) bond motifs is 1. The molecule has 2 aliphatic rings. The largest absolute Gasteiger partial charge is 0.350 e. The van der Waals surface area contributed by atoms with E-state index in [1.165, 1.54) is 11.8 Å². The molecule has 1 saturated heterocycles. The van der Waals surface area contributed by atoms with Crippen molar-refractivity contribution < 1.29 is 7.24 Å². The molecule has 3 aromatic heterocycles. The lowest BCUT2D eigenvalue weighted by atomic mass is 9.91. The number of aryl methyl sites for hydroxylation is 1. The molecule has 0 spiro atoms. The van der Waals surface area contributed by atoms with Crippen LogP contribution in [-0.2, 0) is 0 Å². The molecule has 1 aromatic carbocycles. The zero-order valence-corrected chi connectivity index (χ0v) is 18.4. The van der Waals surface area contributed by atoms with Crippen LogP contribution in [0.5, 0.6) is 0 Å². The van der Waals surface area contributed by atoms with E-state index in [1.807, 2.05) is 54.4 Å². The van der Waals surface area contributed by atoms with Gasteiger partial charge in [-0.15, -0.1) is 0 Å². The first-order chi connectivity index (χ1) is 15.5. The second kappa shape index (κ2) is 7.44. The number of alkyl halides is 1. The van der Waals surface area contributed by atoms with Crippen molar-refractivity contribution in [1.29, 1.82) is 0 Å². The molecule has 1 aliphatic carbocycles. The SMILES string of the molecule is Cc1cc(Nc2cc(N3CC(F)(C4CC4)C3)nc(Sc3cnc4ccccc4c3)n2)n[nH]1.[HH].[HH]. The van der Waals surface area contributed by atoms with E-state index in [0.717, 1.165) is 40.2 Å². The van der Waals surface area contributed by atoms with Gasteiger partial charge in [0.05, 0.1) is 18.6 Å². The number of pyridine rings is 1. The van der Waals surface area contributed by atoms with E-state index in [2.05, 4.69) is 31.5 Å². The fourth-order valence-corrected chi connectivity index (χ4v) is 4.90. The topological polar surface area (TPSA) is 82.6 Å². The lowest BCUT2D eigenvalue weighted by Gasteiger charge is -2.45. The van der Waals surface area contributed by atoms with Crippen molar-refractivity contribution in [2.45, 2.75) is 35.5 Å². The molecular weight excluding hydrogens is 425 g/mol. The van der Waals surface area contributed by atoms with Crippen molar-refractivity contribution in [1.82, 2.24) is 25.1 Å². The first-order valence-corrected chi connectivity index (χ1v) is 11.5. The van der Waals surface area contributed by atoms with Crippen LogP contribution in [0.2, 0.25) is 0 Å². The quantitative estimate of drug-likeness (QED) is 0.381. The summed E-state index contributed by atoms with van der Waals surface area (Å²) in [5, 5.41) is 12.0. The normalized spacial score (nSPS) is 17.4. The third-order valence-electron chi connectivity index (χ3n) is 5.97. The molecule has 166 valence electrons. The number of halogens is 1. The molecule has 4 heterocycles. The van der Waals surface area contributed by atoms with Crippen LogP contribution in [0.4, 0.5) is 21.8 Å². The third kappa shape index (κ3) is 3.77. The van der Waals surface area contributed by atoms with Gasteiger partial charge in [0.15, 0.2) is 11.0 Å². The molecule has 1 saturated carbocycles. The summed E-state index contributed by atoms with van der Waals surface area (Å²) in [5.74, 6) is 2.24. The van der Waals surface area contributed by atoms with E-state index in [9.17, 15) is 4.39 Å². The highest BCUT2D eigenvalue weighted by atomic mass is 32.2. The molecule has 2 N–H and O–H groups in total. The van der Waals surface area contributed by atoms with Gasteiger partial charge >= 0.3 is 0 Å². The molecule has 1 aliphatic heterocycles. The Bertz CT molecular complexity index is 1310. The van der Waals surface area contributed by atoms with Crippen LogP contribution < -0.4 is 10.2 Å². The Kier molecular flexibility index (Phi) is 4.53. The predicted octanol–water partition coefficient (Wildman–Crippen LogP) is 5.38. The highest BCUT2D eigenvalue weighted by Crippen LogP contribution is 2.48. The van der Waals surface area contributed by atoms with Crippen molar-refractivity contribution in [2.75, 3.05) is 23.3 Å². The highest BCUT2D eigenvalue weighted by Gasteiger charge is 2.54. The van der Waals surface area contributed by atoms with Crippen LogP contribution in [0, 0.1) is 12.8 Å². The van der Waals surface area contributed by atoms with Gasteiger partial charge < -0.3 is 10.2 Å². The summed E-state index contributed by atoms with van der Waals surface area (Å²) in [6, 6.07) is 13.8. The molecule has 9 heteroatoms. The van der Waals surface area contributed by atoms with Crippen molar-refractivity contribution >= 4 is 40.1 Å². The van der Waals surface area contributed by atoms with E-state index >= 15 is 0 Å². The first kappa shape index (κ1) is 19.5. The standard InChI is InChI=1S/C23H22FN7S.2H2/c1-14-8-20(30-29-14)26-19-10-21(31-12-23(24,13-31)16-6-7-16)28-22(27-19)32-17-9-15-4-2-3-5-18(15)25-11-17;;/h2-5,8-11,16H,6-7,12-13H2,1H3,(H2,26,27,28,29,30);2*1H. The van der Waals surface area contributed by atoms with Crippen LogP contribution in [0.1, 0.15) is 21.4 Å². The van der Waals surface area contributed by atoms with Gasteiger partial charge in [-0.2, -0.15) is 5.10 Å². The zero-order chi connectivity index (χ0) is 21.7. The van der Waals surface area contributed by atoms with Gasteiger partial charge in [0, 0.05) is 37.2 Å². The number of rotatable bonds is 6. The maximum Gasteiger partial charge on any atom is 0.196 e. The molecule has 6 rings (SSSR count). The predicted molar refractivity (Wildman–Crippen MR) is 128 cm³/mol. The van der Waals surface area contributed by atoms with Crippen LogP contribution >= 0.6 is 11.8 Å². The van der Waals surface area contributed by atoms with E-state index in [1.54, 1.807) is 0 Å². The van der Waals surface area contributed by atoms with Crippen LogP contribution in [0.3, 0.4) is 0 Å². The van der Waals surface area contributed by atoms with Crippen molar-refractivity contribution in [3.8, 4) is 0 Å². The van der Waals surface area contributed by atoms with E-state index in [0.29, 0.717) is 29.9 Å². The summed E-state index contributed by atoms with van der Waals surface area (Å²) in [5.41, 5.74) is 0.823. The minimum Gasteiger partial charge on any atom is -0.350 e. The number of H-pyrrole nitrogens is 1. The molecule has 0 unspecified atom stereocenters. The maximum absolute atomic E-state index is 14.9. The molecule has 0 amide bonds. The van der Waals surface area contributed by atoms with Gasteiger partial charge in [-0.1, -0.05) is 18.2 Å². The molecule has 32 heavy (non-hydrogen) atoms. The van der Waals surface area contributed by atoms with Gasteiger partial charge in [0.25, 0.3) is 0 Å². The van der Waals surface area contributed by atoms with Crippen LogP contribution in [-0.4, -0.2) is 43.9 Å². The minimum atomic E-state index is -1.08. The minimum absolute atomic E-state index is 0. The van der Waals surface area contributed by atoms with Gasteiger partial charge in [-0.25, -0.2) is 14.4 Å². The molecule has 0 atom stereocenters. The number of nitrogens with zero attached hydrogens (tertiary/aromatic N) is 5. The van der Waals surface area contributed by atoms with Crippen molar-refractivity contribution in [3.63, 3.8) is 0 Å². The molecular formula is C23H26FN7S. The van der Waals surface area contributed by atoms with Gasteiger partial charge in [0.1, 0.15) is 17.3 Å². The lowest BCUT2D eigenvalue weighted by molar-refractivity contribution is 0.0924. The molecule has 0 bridgehead atoms. The van der Waals surface area contributed by atoms with E-state index < -0.39 is 5.67 Å². The number of nitrogens with one attached hydrogen (secondary N) is 2. The number of hydrogen-bond acceptors (Lipinski definition) is 7. The molecule has 0 radical (unpaired) electrons. The Morgan fingerprint density at radius 1 is 1.16 bits per heavy atom. The molecule has 4 aromatic rings. The Hall–Kier alpha value is -3.20. The number of para-hydroxylation sites is 1. The summed E-state index contributed by atoms with van der Waals surface area (Å²) in [6.45, 7) is 2.71. The van der Waals surface area contributed by atoms with Gasteiger partial charge in [0.2, 0.25) is 0 Å². The average molecular weight is 452 g/mol. The number of anilines is 3. The van der Waals surface area contributed by atoms with E-state index in [4.69, 9.17) is 4.98 Å². The molecule has 7 nitrogen and oxygen atoms in total. The highest BCUT2D eigenvalue weighted by molar-refractivity contribution is 7.99. The van der Waals surface area contributed by atoms with Gasteiger partial charge in [-0.3, -0.25) is 10.1 Å². The number of hydrogen-bond donors (Lipinski definition) is 2. The maximum atomic E-state index is 14.9. The summed E-state index contributed by atoms with van der Waals surface area (Å²) in [7, 11) is 0. The van der Waals surface area contributed by atoms with Crippen LogP contribution in [0.15, 0.2) is 58.7 Å². The fourth-order valence-electron chi connectivity index (χ4n) is 4.12. The Morgan fingerprint density at radius 2 is 2.00 bits per heavy atom. The number of benzene rings is 1. The monoisotopic (exact) mass is 451 g/mol. The lowest BCUT2D eigenvalue weighted by Crippen LogP contribution is -2.60. The third-order valence-corrected chi connectivity index (χ3v) is 6.79. The zero-order valence-electron chi connectivity index (χ0n) is 17.5. The summed E-state index contributed by atoms with van der Waals surface area (Å²) in [4.78, 5) is 16.9. The summed E-state index contributed by atoms with van der Waals surface area (Å²) >= 11 is 1.44. The Morgan fingerprint density at radius 3 is 2.78 bits per heavy atom. The molecule has 2 fully saturated rings. The Labute approximate surface area is 191 Å². The summed E-state index contributed by atoms with van der Waals surface area (Å²) in [6.07, 6.45) is 3.82. The van der Waals surface area contributed by atoms with E-state index in [-0.39, 0.29) is 8.77 Å². The van der Waals surface area contributed by atoms with Crippen molar-refractivity contribution in [2.24, 2.45) is 5.92 Å². The smallest absolute Gasteiger partial charge is 0.196 e. The number of aromatic amines is 1. The number of aromatic nitrogens is 5. The van der Waals surface area contributed by atoms with Crippen molar-refractivity contribution in [3.05, 3.63) is 54.4 Å². The first-order valence-electron chi connectivity index (χ1n) is 10.7. The Balaban J connectivity index is 0.00000137. The summed E-state index contributed by atoms with van der Waals surface area (Å²) < 4.78 is 14.9. The second-order valence-electron chi connectivity index (χ2n) is 8.59. The average Bonchev–Trinajstić information content (AvgIpc) is 3.54. The second-order valence-corrected chi connectivity index (χ2v) is 9.63. The van der Waals surface area contributed by atoms with Crippen LogP contribution in [0.25, 0.3) is 10.9 Å². The van der Waals surface area contributed by atoms with Gasteiger partial charge in [-0.05, 0) is 49.6 Å². The fraction of sp³-hybridized carbons (Fsp3) is 0.304.